The summed E-state index contributed by atoms with van der Waals surface area (Å²) in [6, 6.07) is 50.2. The van der Waals surface area contributed by atoms with Crippen molar-refractivity contribution in [2.24, 2.45) is 23.7 Å². The number of aromatic amines is 6. The highest BCUT2D eigenvalue weighted by Crippen LogP contribution is 2.51. The van der Waals surface area contributed by atoms with Gasteiger partial charge in [-0.25, -0.2) is 29.9 Å². The Hall–Kier alpha value is -9.86. The van der Waals surface area contributed by atoms with Crippen LogP contribution in [0.5, 0.6) is 5.75 Å². The molecular weight excluding hydrogens is 1350 g/mol. The number of piperidine rings is 4. The summed E-state index contributed by atoms with van der Waals surface area (Å²) >= 11 is 0. The number of aromatic nitrogens is 12. The van der Waals surface area contributed by atoms with E-state index in [1.54, 1.807) is 0 Å². The van der Waals surface area contributed by atoms with Crippen molar-refractivity contribution >= 4 is 0 Å². The number of fused-ring (bicyclic) bond motifs is 16. The van der Waals surface area contributed by atoms with Gasteiger partial charge in [-0.3, -0.25) is 0 Å². The molecule has 12 aromatic rings. The maximum absolute atomic E-state index is 6.12. The molecule has 26 rings (SSSR count). The first-order chi connectivity index (χ1) is 53.8. The molecular formula is C90H92N18O. The zero-order chi connectivity index (χ0) is 71.1. The molecule has 6 aromatic heterocycles. The number of rotatable bonds is 11. The first-order valence-corrected chi connectivity index (χ1v) is 41.2. The van der Waals surface area contributed by atoms with Crippen LogP contribution in [0.3, 0.4) is 0 Å². The van der Waals surface area contributed by atoms with Crippen molar-refractivity contribution in [1.29, 1.82) is 0 Å². The van der Waals surface area contributed by atoms with Crippen LogP contribution < -0.4 is 36.6 Å². The molecule has 12 N–H and O–H groups in total. The highest BCUT2D eigenvalue weighted by Gasteiger charge is 2.50. The SMILES string of the molecule is c1cc(-c2cnc([C@@H]3CCCN3)[nH]2)ccc1-c1ccc2c(c1)OCc1[nH]c([C@@H]3CCCN3)nc1-2.c1cc(-c2cnc([C@@H]3C[C@H]4C[C@H]4N3)[nH]2)ccc1-c1ccc2c(c1)CCCc1[nH]c([C@@H]3C[C@H]4C[C@H]4N3)nc1-2.c1cc2c(cc1-c1ccc3c(c1)CCc1[nH]c([C@@H]4C[C@H]5C[C@H]5N4)nc1-3)CCc1[nH]c([C@@H]3C[C@H]4C[C@H]4N3)nc1-2. The van der Waals surface area contributed by atoms with Gasteiger partial charge in [-0.05, 0) is 232 Å². The lowest BCUT2D eigenvalue weighted by Gasteiger charge is -2.18. The summed E-state index contributed by atoms with van der Waals surface area (Å²) in [4.78, 5) is 51.2. The fourth-order valence-electron chi connectivity index (χ4n) is 20.7. The molecule has 13 heterocycles. The Bertz CT molecular complexity index is 5400. The fraction of sp³-hybridized carbons (Fsp3) is 0.400. The summed E-state index contributed by atoms with van der Waals surface area (Å²) in [6.07, 6.45) is 26.5. The Kier molecular flexibility index (Phi) is 14.9. The molecule has 7 aliphatic heterocycles. The molecule has 0 bridgehead atoms. The largest absolute Gasteiger partial charge is 0.487 e. The third kappa shape index (κ3) is 11.6. The van der Waals surface area contributed by atoms with Crippen LogP contribution in [0.15, 0.2) is 134 Å². The predicted molar refractivity (Wildman–Crippen MR) is 422 cm³/mol. The summed E-state index contributed by atoms with van der Waals surface area (Å²) in [5.41, 5.74) is 30.8. The predicted octanol–water partition coefficient (Wildman–Crippen LogP) is 15.5. The van der Waals surface area contributed by atoms with Crippen LogP contribution in [0, 0.1) is 23.7 Å². The molecule has 0 amide bonds. The van der Waals surface area contributed by atoms with Crippen LogP contribution in [-0.4, -0.2) is 97.1 Å². The van der Waals surface area contributed by atoms with Crippen LogP contribution in [0.4, 0.5) is 0 Å². The van der Waals surface area contributed by atoms with Crippen LogP contribution in [0.1, 0.15) is 194 Å². The van der Waals surface area contributed by atoms with E-state index < -0.39 is 0 Å². The lowest BCUT2D eigenvalue weighted by Crippen LogP contribution is -2.18. The molecule has 0 radical (unpaired) electrons. The van der Waals surface area contributed by atoms with Crippen LogP contribution in [0.25, 0.3) is 101 Å². The first-order valence-electron chi connectivity index (χ1n) is 41.2. The van der Waals surface area contributed by atoms with E-state index in [0.29, 0.717) is 42.9 Å². The number of nitrogens with one attached hydrogen (secondary N) is 12. The molecule has 109 heavy (non-hydrogen) atoms. The quantitative estimate of drug-likeness (QED) is 0.0576. The van der Waals surface area contributed by atoms with Crippen molar-refractivity contribution in [3.05, 3.63) is 208 Å². The van der Waals surface area contributed by atoms with Crippen molar-refractivity contribution in [2.45, 2.75) is 189 Å². The van der Waals surface area contributed by atoms with E-state index in [4.69, 9.17) is 24.7 Å². The lowest BCUT2D eigenvalue weighted by atomic mass is 9.87. The average Bonchev–Trinajstić information content (AvgIpc) is 1.65. The molecule has 14 atom stereocenters. The second kappa shape index (κ2) is 25.3. The highest BCUT2D eigenvalue weighted by molar-refractivity contribution is 5.81. The highest BCUT2D eigenvalue weighted by atomic mass is 16.5. The number of ether oxygens (including phenoxy) is 1. The number of hydrogen-bond acceptors (Lipinski definition) is 13. The molecule has 6 saturated heterocycles. The van der Waals surface area contributed by atoms with Gasteiger partial charge in [0.15, 0.2) is 0 Å². The van der Waals surface area contributed by atoms with Gasteiger partial charge in [0.2, 0.25) is 0 Å². The van der Waals surface area contributed by atoms with Gasteiger partial charge in [0.1, 0.15) is 47.3 Å². The molecule has 4 saturated carbocycles. The molecule has 0 spiro atoms. The molecule has 19 nitrogen and oxygen atoms in total. The van der Waals surface area contributed by atoms with Gasteiger partial charge in [-0.2, -0.15) is 0 Å². The fourth-order valence-corrected chi connectivity index (χ4v) is 20.7. The van der Waals surface area contributed by atoms with E-state index in [1.165, 1.54) is 160 Å². The van der Waals surface area contributed by atoms with Gasteiger partial charge in [0, 0.05) is 63.5 Å². The van der Waals surface area contributed by atoms with Gasteiger partial charge in [-0.15, -0.1) is 0 Å². The Morgan fingerprint density at radius 1 is 0.303 bits per heavy atom. The van der Waals surface area contributed by atoms with Crippen molar-refractivity contribution in [1.82, 2.24) is 91.7 Å². The summed E-state index contributed by atoms with van der Waals surface area (Å²) in [6.45, 7) is 2.66. The third-order valence-electron chi connectivity index (χ3n) is 27.2. The maximum atomic E-state index is 6.12. The van der Waals surface area contributed by atoms with Gasteiger partial charge < -0.3 is 66.5 Å². The smallest absolute Gasteiger partial charge is 0.130 e. The van der Waals surface area contributed by atoms with Gasteiger partial charge in [0.05, 0.1) is 88.5 Å². The Morgan fingerprint density at radius 2 is 0.670 bits per heavy atom. The number of imidazole rings is 6. The standard InChI is InChI=1S/C32H32N6.C31H32N6.C27H28N6O/c1-5-21-17(3-7-23-29(21)37-31(35-23)27-13-19-11-25(19)33-27)9-15(1)16-2-6-22-18(10-16)4-8-24-30(22)38-32(36-24)28-14-20-12-26(20)34-28;1-2-19-10-18(8-9-22(19)29-23(3-1)35-31(37-29)27-14-21-12-25(21)34-27)16-4-6-17(7-5-16)28-15-32-30(36-28)26-13-20-11-24(20)33-26;1-3-20(28-11-1)26-30-14-22(31-26)17-7-5-16(6-8-17)18-9-10-19-24(13-18)34-15-23-25(19)33-27(32-23)21-4-2-12-29-21/h1-2,5-6,9-10,19-20,25-28,33-34H,3-4,7-8,11-14H2,(H,35,37)(H,36,38);4-10,15,20-21,24-27,33-34H,1-3,11-14H2,(H,32,36)(H,35,37);5-10,13-14,20-21,28-29H,1-4,11-12,15H2,(H,30,31)(H,32,33)/t19-,20-,25-,26-,27+,28+;20-,21-,24-,25-,26+,27+;20-,21-/m110/s1. The second-order valence-corrected chi connectivity index (χ2v) is 34.3. The van der Waals surface area contributed by atoms with Crippen LogP contribution in [-0.2, 0) is 45.1 Å². The van der Waals surface area contributed by atoms with Gasteiger partial charge in [0.25, 0.3) is 0 Å². The zero-order valence-corrected chi connectivity index (χ0v) is 61.4. The minimum atomic E-state index is 0.326. The van der Waals surface area contributed by atoms with Gasteiger partial charge >= 0.3 is 0 Å². The van der Waals surface area contributed by atoms with E-state index in [0.717, 1.165) is 204 Å². The monoisotopic (exact) mass is 1440 g/mol. The number of hydrogen-bond donors (Lipinski definition) is 12. The number of nitrogens with zero attached hydrogens (tertiary/aromatic N) is 6. The Labute approximate surface area is 633 Å². The summed E-state index contributed by atoms with van der Waals surface area (Å²) in [5.74, 6) is 11.0. The van der Waals surface area contributed by atoms with E-state index in [1.807, 2.05) is 12.4 Å². The average molecular weight is 1440 g/mol. The number of benzene rings is 6. The zero-order valence-electron chi connectivity index (χ0n) is 61.4. The topological polar surface area (TPSA) is 253 Å². The van der Waals surface area contributed by atoms with Crippen molar-refractivity contribution in [2.75, 3.05) is 13.1 Å². The molecule has 14 aliphatic rings. The van der Waals surface area contributed by atoms with Crippen molar-refractivity contribution in [3.8, 4) is 107 Å². The minimum Gasteiger partial charge on any atom is -0.487 e. The van der Waals surface area contributed by atoms with E-state index in [2.05, 4.69) is 193 Å². The molecule has 19 heteroatoms. The number of H-pyrrole nitrogens is 6. The Morgan fingerprint density at radius 3 is 1.12 bits per heavy atom. The lowest BCUT2D eigenvalue weighted by molar-refractivity contribution is 0.297. The van der Waals surface area contributed by atoms with E-state index >= 15 is 0 Å². The van der Waals surface area contributed by atoms with Gasteiger partial charge in [-0.1, -0.05) is 109 Å². The third-order valence-corrected chi connectivity index (χ3v) is 27.2. The Balaban J connectivity index is 0.0000000961. The van der Waals surface area contributed by atoms with E-state index in [-0.39, 0.29) is 0 Å². The van der Waals surface area contributed by atoms with Crippen molar-refractivity contribution < 1.29 is 4.74 Å². The maximum Gasteiger partial charge on any atom is 0.130 e. The van der Waals surface area contributed by atoms with Crippen LogP contribution in [0.2, 0.25) is 0 Å². The second-order valence-electron chi connectivity index (χ2n) is 34.3. The molecule has 0 unspecified atom stereocenters. The minimum absolute atomic E-state index is 0.326. The molecule has 548 valence electrons. The molecule has 7 aliphatic carbocycles. The molecule has 10 fully saturated rings. The number of aryl methyl sites for hydroxylation is 6. The van der Waals surface area contributed by atoms with Crippen LogP contribution >= 0.6 is 0 Å². The first kappa shape index (κ1) is 64.0. The summed E-state index contributed by atoms with van der Waals surface area (Å²) in [7, 11) is 0. The summed E-state index contributed by atoms with van der Waals surface area (Å²) in [5, 5.41) is 22.0. The van der Waals surface area contributed by atoms with E-state index in [9.17, 15) is 0 Å². The van der Waals surface area contributed by atoms with Crippen molar-refractivity contribution in [3.63, 3.8) is 0 Å². The summed E-state index contributed by atoms with van der Waals surface area (Å²) < 4.78 is 6.12. The normalized spacial score (nSPS) is 28.0. The molecule has 6 aromatic carbocycles.